The topological polar surface area (TPSA) is 31.4 Å². The number of aromatic nitrogens is 1. The second-order valence-electron chi connectivity index (χ2n) is 9.51. The molecule has 1 fully saturated rings. The Balaban J connectivity index is 1.32. The SMILES string of the molecule is CC1CC[C@H](CCc2ccc3nc(-c4ccc(C(F)(F)Oc5cc(F)c(F)c(F)c5)c(F)c4)sc3c2)OC1. The fraction of sp³-hybridized carbons (Fsp3) is 0.321. The van der Waals surface area contributed by atoms with Crippen molar-refractivity contribution in [3.8, 4) is 16.3 Å². The van der Waals surface area contributed by atoms with Crippen molar-refractivity contribution in [3.63, 3.8) is 0 Å². The van der Waals surface area contributed by atoms with E-state index in [1.165, 1.54) is 23.8 Å². The lowest BCUT2D eigenvalue weighted by atomic mass is 9.96. The van der Waals surface area contributed by atoms with Gasteiger partial charge in [-0.25, -0.2) is 22.5 Å². The molecule has 38 heavy (non-hydrogen) atoms. The smallest absolute Gasteiger partial charge is 0.429 e. The van der Waals surface area contributed by atoms with Gasteiger partial charge in [-0.05, 0) is 61.4 Å². The molecule has 0 amide bonds. The van der Waals surface area contributed by atoms with Crippen LogP contribution >= 0.6 is 11.3 Å². The van der Waals surface area contributed by atoms with Crippen molar-refractivity contribution in [1.82, 2.24) is 4.98 Å². The van der Waals surface area contributed by atoms with Gasteiger partial charge in [-0.1, -0.05) is 19.1 Å². The fourth-order valence-corrected chi connectivity index (χ4v) is 5.44. The highest BCUT2D eigenvalue weighted by Gasteiger charge is 2.38. The lowest BCUT2D eigenvalue weighted by molar-refractivity contribution is -0.187. The Morgan fingerprint density at radius 1 is 0.974 bits per heavy atom. The molecule has 1 aromatic heterocycles. The van der Waals surface area contributed by atoms with Gasteiger partial charge in [-0.2, -0.15) is 8.78 Å². The number of hydrogen-bond acceptors (Lipinski definition) is 4. The zero-order chi connectivity index (χ0) is 27.0. The van der Waals surface area contributed by atoms with Crippen LogP contribution in [0.1, 0.15) is 37.3 Å². The lowest BCUT2D eigenvalue weighted by Gasteiger charge is -2.26. The van der Waals surface area contributed by atoms with Gasteiger partial charge in [0.2, 0.25) is 0 Å². The molecule has 2 atom stereocenters. The van der Waals surface area contributed by atoms with Gasteiger partial charge in [0.05, 0.1) is 21.9 Å². The summed E-state index contributed by atoms with van der Waals surface area (Å²) in [5.41, 5.74) is 0.972. The van der Waals surface area contributed by atoms with Crippen molar-refractivity contribution in [2.75, 3.05) is 6.61 Å². The molecule has 0 N–H and O–H groups in total. The fourth-order valence-electron chi connectivity index (χ4n) is 4.42. The third kappa shape index (κ3) is 5.66. The Kier molecular flexibility index (Phi) is 7.37. The molecule has 0 aliphatic carbocycles. The minimum Gasteiger partial charge on any atom is -0.429 e. The highest BCUT2D eigenvalue weighted by atomic mass is 32.1. The Bertz CT molecular complexity index is 1440. The number of thiazole rings is 1. The van der Waals surface area contributed by atoms with Gasteiger partial charge in [0.25, 0.3) is 0 Å². The van der Waals surface area contributed by atoms with Crippen molar-refractivity contribution in [2.24, 2.45) is 5.92 Å². The first-order valence-corrected chi connectivity index (χ1v) is 12.9. The summed E-state index contributed by atoms with van der Waals surface area (Å²) in [7, 11) is 0. The van der Waals surface area contributed by atoms with E-state index >= 15 is 0 Å². The molecule has 0 spiro atoms. The monoisotopic (exact) mass is 551 g/mol. The number of rotatable bonds is 7. The summed E-state index contributed by atoms with van der Waals surface area (Å²) in [6, 6.07) is 9.40. The number of benzene rings is 3. The zero-order valence-corrected chi connectivity index (χ0v) is 21.1. The number of fused-ring (bicyclic) bond motifs is 1. The van der Waals surface area contributed by atoms with Crippen LogP contribution in [0.25, 0.3) is 20.8 Å². The second kappa shape index (κ2) is 10.6. The number of hydrogen-bond donors (Lipinski definition) is 0. The van der Waals surface area contributed by atoms with Crippen LogP contribution in [0.4, 0.5) is 26.3 Å². The molecule has 10 heteroatoms. The standard InChI is InChI=1S/C28H23F6NO2S/c1-15-2-6-18(36-14-15)7-3-16-4-9-24-25(10-16)38-27(35-24)17-5-8-20(21(29)11-17)28(33,34)37-19-12-22(30)26(32)23(31)13-19/h4-5,8-13,15,18H,2-3,6-7,14H2,1H3/t15?,18-/m1/s1. The van der Waals surface area contributed by atoms with Crippen LogP contribution in [0.3, 0.4) is 0 Å². The summed E-state index contributed by atoms with van der Waals surface area (Å²) in [4.78, 5) is 4.50. The van der Waals surface area contributed by atoms with Crippen LogP contribution < -0.4 is 4.74 Å². The van der Waals surface area contributed by atoms with Gasteiger partial charge < -0.3 is 9.47 Å². The molecule has 4 aromatic rings. The van der Waals surface area contributed by atoms with Crippen LogP contribution in [0.5, 0.6) is 5.75 Å². The van der Waals surface area contributed by atoms with E-state index in [0.717, 1.165) is 48.3 Å². The molecule has 2 heterocycles. The Hall–Kier alpha value is -3.11. The van der Waals surface area contributed by atoms with Crippen molar-refractivity contribution < 1.29 is 35.8 Å². The van der Waals surface area contributed by atoms with E-state index < -0.39 is 40.7 Å². The minimum absolute atomic E-state index is 0.253. The van der Waals surface area contributed by atoms with Crippen molar-refractivity contribution in [1.29, 1.82) is 0 Å². The van der Waals surface area contributed by atoms with E-state index in [4.69, 9.17) is 4.74 Å². The molecule has 200 valence electrons. The van der Waals surface area contributed by atoms with Crippen LogP contribution in [0, 0.1) is 29.2 Å². The summed E-state index contributed by atoms with van der Waals surface area (Å²) >= 11 is 1.31. The molecule has 0 bridgehead atoms. The largest absolute Gasteiger partial charge is 0.429 e. The zero-order valence-electron chi connectivity index (χ0n) is 20.2. The Morgan fingerprint density at radius 3 is 2.42 bits per heavy atom. The lowest BCUT2D eigenvalue weighted by Crippen LogP contribution is -2.24. The molecule has 1 aliphatic rings. The molecule has 1 aliphatic heterocycles. The summed E-state index contributed by atoms with van der Waals surface area (Å²) in [6.07, 6.45) is -0.0338. The van der Waals surface area contributed by atoms with Crippen LogP contribution in [-0.2, 0) is 17.3 Å². The van der Waals surface area contributed by atoms with E-state index in [-0.39, 0.29) is 23.8 Å². The van der Waals surface area contributed by atoms with Crippen LogP contribution in [0.2, 0.25) is 0 Å². The highest BCUT2D eigenvalue weighted by Crippen LogP contribution is 2.37. The number of aryl methyl sites for hydroxylation is 1. The molecule has 1 saturated heterocycles. The Labute approximate surface area is 219 Å². The highest BCUT2D eigenvalue weighted by molar-refractivity contribution is 7.21. The maximum absolute atomic E-state index is 14.8. The summed E-state index contributed by atoms with van der Waals surface area (Å²) in [6.45, 7) is 2.97. The molecule has 5 rings (SSSR count). The maximum atomic E-state index is 14.8. The molecule has 3 aromatic carbocycles. The predicted molar refractivity (Wildman–Crippen MR) is 132 cm³/mol. The number of ether oxygens (including phenoxy) is 2. The summed E-state index contributed by atoms with van der Waals surface area (Å²) in [5, 5.41) is 0.444. The van der Waals surface area contributed by atoms with Gasteiger partial charge >= 0.3 is 6.11 Å². The normalized spacial score (nSPS) is 18.2. The average molecular weight is 552 g/mol. The average Bonchev–Trinajstić information content (AvgIpc) is 3.30. The molecule has 0 radical (unpaired) electrons. The van der Waals surface area contributed by atoms with Crippen molar-refractivity contribution >= 4 is 21.6 Å². The van der Waals surface area contributed by atoms with Gasteiger partial charge in [0.15, 0.2) is 17.5 Å². The summed E-state index contributed by atoms with van der Waals surface area (Å²) in [5.74, 6) is -6.92. The van der Waals surface area contributed by atoms with Crippen molar-refractivity contribution in [2.45, 2.75) is 44.8 Å². The van der Waals surface area contributed by atoms with E-state index in [2.05, 4.69) is 16.6 Å². The molecular formula is C28H23F6NO2S. The molecule has 0 saturated carbocycles. The second-order valence-corrected chi connectivity index (χ2v) is 10.5. The molecular weight excluding hydrogens is 528 g/mol. The number of halogens is 6. The quantitative estimate of drug-likeness (QED) is 0.171. The van der Waals surface area contributed by atoms with Gasteiger partial charge in [0, 0.05) is 24.3 Å². The van der Waals surface area contributed by atoms with E-state index in [1.54, 1.807) is 0 Å². The van der Waals surface area contributed by atoms with E-state index in [9.17, 15) is 26.3 Å². The van der Waals surface area contributed by atoms with Gasteiger partial charge in [-0.15, -0.1) is 11.3 Å². The molecule has 1 unspecified atom stereocenters. The summed E-state index contributed by atoms with van der Waals surface area (Å²) < 4.78 is 94.9. The van der Waals surface area contributed by atoms with Gasteiger partial charge in [-0.3, -0.25) is 0 Å². The number of alkyl halides is 2. The first-order chi connectivity index (χ1) is 18.1. The first kappa shape index (κ1) is 26.5. The maximum Gasteiger partial charge on any atom is 0.429 e. The Morgan fingerprint density at radius 2 is 1.74 bits per heavy atom. The van der Waals surface area contributed by atoms with Crippen molar-refractivity contribution in [3.05, 3.63) is 82.9 Å². The molecule has 3 nitrogen and oxygen atoms in total. The number of nitrogens with zero attached hydrogens (tertiary/aromatic N) is 1. The first-order valence-electron chi connectivity index (χ1n) is 12.1. The van der Waals surface area contributed by atoms with Crippen LogP contribution in [-0.4, -0.2) is 17.7 Å². The predicted octanol–water partition coefficient (Wildman–Crippen LogP) is 8.40. The third-order valence-corrected chi connectivity index (χ3v) is 7.61. The minimum atomic E-state index is -4.28. The van der Waals surface area contributed by atoms with E-state index in [1.807, 2.05) is 18.2 Å². The van der Waals surface area contributed by atoms with Crippen LogP contribution in [0.15, 0.2) is 48.5 Å². The van der Waals surface area contributed by atoms with E-state index in [0.29, 0.717) is 16.4 Å². The van der Waals surface area contributed by atoms with Gasteiger partial charge in [0.1, 0.15) is 16.6 Å². The third-order valence-electron chi connectivity index (χ3n) is 6.54.